The maximum atomic E-state index is 12.3. The van der Waals surface area contributed by atoms with Crippen molar-refractivity contribution in [3.8, 4) is 5.88 Å². The molecule has 24 heavy (non-hydrogen) atoms. The van der Waals surface area contributed by atoms with Crippen LogP contribution in [0.3, 0.4) is 0 Å². The standard InChI is InChI=1S/C17H19N3O3S/c1-10-7-14(20-16(21)12-4-5-12)24-15(10)17(22)19-9-11-3-6-13(23-2)18-8-11/h3,6-8,12H,4-5,9H2,1-2H3,(H,19,22)(H,20,21). The minimum Gasteiger partial charge on any atom is -0.481 e. The zero-order chi connectivity index (χ0) is 17.1. The fourth-order valence-electron chi connectivity index (χ4n) is 2.24. The number of ether oxygens (including phenoxy) is 1. The zero-order valence-electron chi connectivity index (χ0n) is 13.6. The maximum absolute atomic E-state index is 12.3. The highest BCUT2D eigenvalue weighted by Gasteiger charge is 2.30. The average Bonchev–Trinajstić information content (AvgIpc) is 3.37. The van der Waals surface area contributed by atoms with Crippen LogP contribution in [0.2, 0.25) is 0 Å². The van der Waals surface area contributed by atoms with Gasteiger partial charge in [0.15, 0.2) is 0 Å². The van der Waals surface area contributed by atoms with Gasteiger partial charge in [-0.25, -0.2) is 4.98 Å². The minimum atomic E-state index is -0.153. The molecular weight excluding hydrogens is 326 g/mol. The first kappa shape index (κ1) is 16.4. The average molecular weight is 345 g/mol. The molecule has 7 heteroatoms. The lowest BCUT2D eigenvalue weighted by Crippen LogP contribution is -2.22. The molecule has 1 aliphatic carbocycles. The van der Waals surface area contributed by atoms with Crippen molar-refractivity contribution >= 4 is 28.2 Å². The molecule has 1 fully saturated rings. The highest BCUT2D eigenvalue weighted by molar-refractivity contribution is 7.18. The summed E-state index contributed by atoms with van der Waals surface area (Å²) in [5.74, 6) is 0.579. The molecular formula is C17H19N3O3S. The normalized spacial score (nSPS) is 13.4. The topological polar surface area (TPSA) is 80.3 Å². The summed E-state index contributed by atoms with van der Waals surface area (Å²) in [7, 11) is 1.56. The molecule has 1 saturated carbocycles. The molecule has 0 aromatic carbocycles. The van der Waals surface area contributed by atoms with E-state index in [-0.39, 0.29) is 17.7 Å². The fourth-order valence-corrected chi connectivity index (χ4v) is 3.23. The van der Waals surface area contributed by atoms with Crippen LogP contribution in [0.5, 0.6) is 5.88 Å². The molecule has 2 aromatic heterocycles. The van der Waals surface area contributed by atoms with Gasteiger partial charge in [-0.2, -0.15) is 0 Å². The number of methoxy groups -OCH3 is 1. The summed E-state index contributed by atoms with van der Waals surface area (Å²) in [5, 5.41) is 6.48. The second-order valence-electron chi connectivity index (χ2n) is 5.78. The summed E-state index contributed by atoms with van der Waals surface area (Å²) in [6.45, 7) is 2.25. The Labute approximate surface area is 144 Å². The van der Waals surface area contributed by atoms with Crippen LogP contribution in [-0.2, 0) is 11.3 Å². The summed E-state index contributed by atoms with van der Waals surface area (Å²) < 4.78 is 5.00. The first-order valence-corrected chi connectivity index (χ1v) is 8.57. The van der Waals surface area contributed by atoms with Crippen LogP contribution in [-0.4, -0.2) is 23.9 Å². The van der Waals surface area contributed by atoms with E-state index in [2.05, 4.69) is 15.6 Å². The van der Waals surface area contributed by atoms with Crippen LogP contribution in [0.1, 0.15) is 33.6 Å². The van der Waals surface area contributed by atoms with Gasteiger partial charge >= 0.3 is 0 Å². The van der Waals surface area contributed by atoms with E-state index < -0.39 is 0 Å². The number of anilines is 1. The Morgan fingerprint density at radius 1 is 1.38 bits per heavy atom. The molecule has 0 aliphatic heterocycles. The predicted octanol–water partition coefficient (Wildman–Crippen LogP) is 2.74. The number of rotatable bonds is 6. The molecule has 6 nitrogen and oxygen atoms in total. The van der Waals surface area contributed by atoms with E-state index in [1.165, 1.54) is 11.3 Å². The van der Waals surface area contributed by atoms with E-state index >= 15 is 0 Å². The molecule has 0 atom stereocenters. The van der Waals surface area contributed by atoms with Crippen LogP contribution < -0.4 is 15.4 Å². The highest BCUT2D eigenvalue weighted by Crippen LogP contribution is 2.32. The molecule has 2 aromatic rings. The molecule has 0 bridgehead atoms. The third-order valence-corrected chi connectivity index (χ3v) is 4.93. The van der Waals surface area contributed by atoms with E-state index in [0.29, 0.717) is 17.3 Å². The van der Waals surface area contributed by atoms with E-state index in [1.807, 2.05) is 19.1 Å². The lowest BCUT2D eigenvalue weighted by molar-refractivity contribution is -0.117. The van der Waals surface area contributed by atoms with Gasteiger partial charge in [0, 0.05) is 24.7 Å². The number of amides is 2. The van der Waals surface area contributed by atoms with E-state index in [0.717, 1.165) is 29.0 Å². The summed E-state index contributed by atoms with van der Waals surface area (Å²) >= 11 is 1.30. The number of aryl methyl sites for hydroxylation is 1. The van der Waals surface area contributed by atoms with Crippen LogP contribution in [0.4, 0.5) is 5.00 Å². The van der Waals surface area contributed by atoms with Crippen LogP contribution in [0.15, 0.2) is 24.4 Å². The largest absolute Gasteiger partial charge is 0.481 e. The van der Waals surface area contributed by atoms with Gasteiger partial charge in [-0.1, -0.05) is 6.07 Å². The second kappa shape index (κ2) is 7.00. The molecule has 126 valence electrons. The van der Waals surface area contributed by atoms with Crippen molar-refractivity contribution in [3.05, 3.63) is 40.4 Å². The SMILES string of the molecule is COc1ccc(CNC(=O)c2sc(NC(=O)C3CC3)cc2C)cn1. The van der Waals surface area contributed by atoms with E-state index in [1.54, 1.807) is 19.4 Å². The van der Waals surface area contributed by atoms with Gasteiger partial charge in [-0.15, -0.1) is 11.3 Å². The summed E-state index contributed by atoms with van der Waals surface area (Å²) in [4.78, 5) is 28.9. The summed E-state index contributed by atoms with van der Waals surface area (Å²) in [6.07, 6.45) is 3.58. The zero-order valence-corrected chi connectivity index (χ0v) is 14.4. The Kier molecular flexibility index (Phi) is 4.80. The minimum absolute atomic E-state index is 0.0486. The number of carbonyl (C=O) groups is 2. The lowest BCUT2D eigenvalue weighted by atomic mass is 10.2. The highest BCUT2D eigenvalue weighted by atomic mass is 32.1. The van der Waals surface area contributed by atoms with Crippen molar-refractivity contribution in [2.75, 3.05) is 12.4 Å². The number of pyridine rings is 1. The van der Waals surface area contributed by atoms with Crippen molar-refractivity contribution in [2.24, 2.45) is 5.92 Å². The monoisotopic (exact) mass is 345 g/mol. The Balaban J connectivity index is 1.59. The molecule has 2 heterocycles. The van der Waals surface area contributed by atoms with E-state index in [4.69, 9.17) is 4.74 Å². The fraction of sp³-hybridized carbons (Fsp3) is 0.353. The van der Waals surface area contributed by atoms with Crippen molar-refractivity contribution in [3.63, 3.8) is 0 Å². The first-order chi connectivity index (χ1) is 11.6. The van der Waals surface area contributed by atoms with Gasteiger partial charge in [0.2, 0.25) is 11.8 Å². The van der Waals surface area contributed by atoms with E-state index in [9.17, 15) is 9.59 Å². The number of hydrogen-bond acceptors (Lipinski definition) is 5. The Hall–Kier alpha value is -2.41. The predicted molar refractivity (Wildman–Crippen MR) is 92.4 cm³/mol. The van der Waals surface area contributed by atoms with Gasteiger partial charge < -0.3 is 15.4 Å². The molecule has 1 aliphatic rings. The molecule has 0 saturated heterocycles. The Bertz CT molecular complexity index is 751. The number of aromatic nitrogens is 1. The smallest absolute Gasteiger partial charge is 0.261 e. The Morgan fingerprint density at radius 2 is 2.17 bits per heavy atom. The van der Waals surface area contributed by atoms with Gasteiger partial charge in [0.25, 0.3) is 5.91 Å². The van der Waals surface area contributed by atoms with Crippen molar-refractivity contribution in [1.82, 2.24) is 10.3 Å². The number of nitrogens with one attached hydrogen (secondary N) is 2. The number of hydrogen-bond donors (Lipinski definition) is 2. The Morgan fingerprint density at radius 3 is 2.79 bits per heavy atom. The van der Waals surface area contributed by atoms with Crippen molar-refractivity contribution < 1.29 is 14.3 Å². The molecule has 0 radical (unpaired) electrons. The summed E-state index contributed by atoms with van der Waals surface area (Å²) in [5.41, 5.74) is 1.75. The van der Waals surface area contributed by atoms with Crippen LogP contribution in [0, 0.1) is 12.8 Å². The van der Waals surface area contributed by atoms with Crippen molar-refractivity contribution in [1.29, 1.82) is 0 Å². The third-order valence-electron chi connectivity index (χ3n) is 3.78. The van der Waals surface area contributed by atoms with Crippen molar-refractivity contribution in [2.45, 2.75) is 26.3 Å². The van der Waals surface area contributed by atoms with Crippen LogP contribution >= 0.6 is 11.3 Å². The molecule has 2 amide bonds. The number of thiophene rings is 1. The first-order valence-electron chi connectivity index (χ1n) is 7.75. The van der Waals surface area contributed by atoms with Gasteiger partial charge in [0.05, 0.1) is 17.0 Å². The lowest BCUT2D eigenvalue weighted by Gasteiger charge is -2.05. The molecule has 2 N–H and O–H groups in total. The second-order valence-corrected chi connectivity index (χ2v) is 6.83. The molecule has 0 spiro atoms. The third kappa shape index (κ3) is 3.91. The quantitative estimate of drug-likeness (QED) is 0.843. The summed E-state index contributed by atoms with van der Waals surface area (Å²) in [6, 6.07) is 5.45. The molecule has 0 unspecified atom stereocenters. The number of nitrogens with zero attached hydrogens (tertiary/aromatic N) is 1. The van der Waals surface area contributed by atoms with Crippen LogP contribution in [0.25, 0.3) is 0 Å². The van der Waals surface area contributed by atoms with Gasteiger partial charge in [-0.3, -0.25) is 9.59 Å². The maximum Gasteiger partial charge on any atom is 0.261 e. The van der Waals surface area contributed by atoms with Gasteiger partial charge in [-0.05, 0) is 37.0 Å². The number of carbonyl (C=O) groups excluding carboxylic acids is 2. The van der Waals surface area contributed by atoms with Gasteiger partial charge in [0.1, 0.15) is 0 Å². The molecule has 3 rings (SSSR count).